The molecule has 0 aromatic rings. The van der Waals surface area contributed by atoms with Gasteiger partial charge in [0.25, 0.3) is 0 Å². The molecule has 1 fully saturated rings. The van der Waals surface area contributed by atoms with Crippen LogP contribution in [0.15, 0.2) is 24.3 Å². The molecule has 0 aromatic carbocycles. The Bertz CT molecular complexity index is 445. The van der Waals surface area contributed by atoms with Gasteiger partial charge in [0.05, 0.1) is 6.10 Å². The third-order valence-corrected chi connectivity index (χ3v) is 9.36. The van der Waals surface area contributed by atoms with E-state index in [1.807, 2.05) is 19.9 Å². The van der Waals surface area contributed by atoms with Crippen molar-refractivity contribution in [2.75, 3.05) is 0 Å². The van der Waals surface area contributed by atoms with Gasteiger partial charge in [0.2, 0.25) is 0 Å². The summed E-state index contributed by atoms with van der Waals surface area (Å²) in [5.74, 6) is -0.544. The molecule has 0 aromatic heterocycles. The highest BCUT2D eigenvalue weighted by Gasteiger charge is 2.49. The van der Waals surface area contributed by atoms with Crippen LogP contribution in [0.1, 0.15) is 41.0 Å². The Morgan fingerprint density at radius 1 is 1.33 bits per heavy atom. The number of ether oxygens (including phenoxy) is 2. The average Bonchev–Trinajstić information content (AvgIpc) is 2.61. The van der Waals surface area contributed by atoms with Gasteiger partial charge in [-0.2, -0.15) is 0 Å². The summed E-state index contributed by atoms with van der Waals surface area (Å²) in [5, 5.41) is 0.187. The molecular formula is C17H30O3Si. The topological polar surface area (TPSA) is 27.7 Å². The third kappa shape index (κ3) is 3.50. The minimum atomic E-state index is -1.84. The van der Waals surface area contributed by atoms with Crippen LogP contribution in [0.25, 0.3) is 0 Å². The maximum Gasteiger partial charge on any atom is 0.192 e. The minimum Gasteiger partial charge on any atom is -0.411 e. The average molecular weight is 311 g/mol. The van der Waals surface area contributed by atoms with E-state index < -0.39 is 14.1 Å². The molecule has 1 aliphatic carbocycles. The molecule has 0 bridgehead atoms. The van der Waals surface area contributed by atoms with Crippen molar-refractivity contribution in [1.29, 1.82) is 0 Å². The summed E-state index contributed by atoms with van der Waals surface area (Å²) < 4.78 is 18.7. The van der Waals surface area contributed by atoms with Gasteiger partial charge in [-0.25, -0.2) is 0 Å². The van der Waals surface area contributed by atoms with Crippen LogP contribution < -0.4 is 0 Å². The zero-order chi connectivity index (χ0) is 16.1. The van der Waals surface area contributed by atoms with E-state index in [4.69, 9.17) is 13.9 Å². The first-order valence-corrected chi connectivity index (χ1v) is 10.7. The predicted octanol–water partition coefficient (Wildman–Crippen LogP) is 4.41. The van der Waals surface area contributed by atoms with Crippen LogP contribution in [-0.4, -0.2) is 32.4 Å². The first-order chi connectivity index (χ1) is 9.45. The Labute approximate surface area is 130 Å². The molecule has 0 amide bonds. The molecule has 3 nitrogen and oxygen atoms in total. The molecule has 2 aliphatic rings. The Kier molecular flexibility index (Phi) is 4.31. The van der Waals surface area contributed by atoms with Crippen LogP contribution in [0.2, 0.25) is 18.1 Å². The number of hydrogen-bond acceptors (Lipinski definition) is 3. The summed E-state index contributed by atoms with van der Waals surface area (Å²) in [6.45, 7) is 19.2. The summed E-state index contributed by atoms with van der Waals surface area (Å²) >= 11 is 0. The molecule has 21 heavy (non-hydrogen) atoms. The molecule has 0 radical (unpaired) electrons. The quantitative estimate of drug-likeness (QED) is 0.723. The van der Waals surface area contributed by atoms with Gasteiger partial charge in [-0.05, 0) is 50.0 Å². The van der Waals surface area contributed by atoms with Crippen molar-refractivity contribution < 1.29 is 13.9 Å². The lowest BCUT2D eigenvalue weighted by atomic mass is 9.92. The molecule has 2 rings (SSSR count). The number of hydrogen-bond donors (Lipinski definition) is 0. The zero-order valence-corrected chi connectivity index (χ0v) is 15.5. The Morgan fingerprint density at radius 2 is 1.95 bits per heavy atom. The third-order valence-electron chi connectivity index (χ3n) is 4.86. The summed E-state index contributed by atoms with van der Waals surface area (Å²) in [6, 6.07) is 0. The van der Waals surface area contributed by atoms with E-state index in [1.165, 1.54) is 5.57 Å². The van der Waals surface area contributed by atoms with E-state index in [-0.39, 0.29) is 23.4 Å². The van der Waals surface area contributed by atoms with Crippen molar-refractivity contribution in [1.82, 2.24) is 0 Å². The Balaban J connectivity index is 2.23. The van der Waals surface area contributed by atoms with E-state index in [2.05, 4.69) is 46.5 Å². The SMILES string of the molecule is C=CC1=C[C@H]2OC(C)(C)O[C@H]2[C@@H](O[Si](C)(C)C(C)(C)C)C1. The lowest BCUT2D eigenvalue weighted by molar-refractivity contribution is -0.151. The highest BCUT2D eigenvalue weighted by molar-refractivity contribution is 6.74. The van der Waals surface area contributed by atoms with Crippen molar-refractivity contribution in [3.8, 4) is 0 Å². The standard InChI is InChI=1S/C17H30O3Si/c1-9-12-10-13-15(19-17(5,6)18-13)14(11-12)20-21(7,8)16(2,3)4/h9-10,13-15H,1,11H2,2-8H3/t13-,14+,15-/m1/s1. The van der Waals surface area contributed by atoms with Crippen LogP contribution in [0, 0.1) is 0 Å². The van der Waals surface area contributed by atoms with Gasteiger partial charge >= 0.3 is 0 Å². The van der Waals surface area contributed by atoms with Crippen molar-refractivity contribution in [3.05, 3.63) is 24.3 Å². The van der Waals surface area contributed by atoms with Crippen molar-refractivity contribution >= 4 is 8.32 Å². The smallest absolute Gasteiger partial charge is 0.192 e. The Hall–Kier alpha value is -0.423. The molecule has 120 valence electrons. The first kappa shape index (κ1) is 16.9. The van der Waals surface area contributed by atoms with Crippen LogP contribution in [-0.2, 0) is 13.9 Å². The molecule has 3 atom stereocenters. The van der Waals surface area contributed by atoms with Gasteiger partial charge in [0.1, 0.15) is 12.2 Å². The second kappa shape index (κ2) is 5.34. The molecule has 0 unspecified atom stereocenters. The lowest BCUT2D eigenvalue weighted by Gasteiger charge is -2.42. The molecule has 4 heteroatoms. The molecule has 0 saturated carbocycles. The number of rotatable bonds is 3. The van der Waals surface area contributed by atoms with Gasteiger partial charge in [-0.3, -0.25) is 0 Å². The van der Waals surface area contributed by atoms with Crippen LogP contribution >= 0.6 is 0 Å². The van der Waals surface area contributed by atoms with E-state index >= 15 is 0 Å². The van der Waals surface area contributed by atoms with Crippen molar-refractivity contribution in [2.24, 2.45) is 0 Å². The maximum absolute atomic E-state index is 6.63. The zero-order valence-electron chi connectivity index (χ0n) is 14.5. The lowest BCUT2D eigenvalue weighted by Crippen LogP contribution is -2.50. The van der Waals surface area contributed by atoms with Crippen molar-refractivity contribution in [2.45, 2.75) is 83.3 Å². The normalized spacial score (nSPS) is 32.5. The molecule has 1 saturated heterocycles. The van der Waals surface area contributed by atoms with Gasteiger partial charge in [-0.15, -0.1) is 0 Å². The monoisotopic (exact) mass is 310 g/mol. The van der Waals surface area contributed by atoms with Crippen molar-refractivity contribution in [3.63, 3.8) is 0 Å². The summed E-state index contributed by atoms with van der Waals surface area (Å²) in [7, 11) is -1.84. The fourth-order valence-electron chi connectivity index (χ4n) is 2.68. The largest absolute Gasteiger partial charge is 0.411 e. The minimum absolute atomic E-state index is 0.0159. The van der Waals surface area contributed by atoms with Crippen LogP contribution in [0.5, 0.6) is 0 Å². The van der Waals surface area contributed by atoms with Crippen LogP contribution in [0.3, 0.4) is 0 Å². The Morgan fingerprint density at radius 3 is 2.48 bits per heavy atom. The van der Waals surface area contributed by atoms with E-state index in [0.29, 0.717) is 0 Å². The molecule has 1 heterocycles. The van der Waals surface area contributed by atoms with Gasteiger partial charge in [0, 0.05) is 0 Å². The highest BCUT2D eigenvalue weighted by Crippen LogP contribution is 2.42. The molecule has 1 aliphatic heterocycles. The van der Waals surface area contributed by atoms with E-state index in [9.17, 15) is 0 Å². The highest BCUT2D eigenvalue weighted by atomic mass is 28.4. The fourth-order valence-corrected chi connectivity index (χ4v) is 4.00. The van der Waals surface area contributed by atoms with E-state index in [1.54, 1.807) is 0 Å². The maximum atomic E-state index is 6.63. The first-order valence-electron chi connectivity index (χ1n) is 7.82. The second-order valence-corrected chi connectivity index (χ2v) is 12.9. The number of allylic oxidation sites excluding steroid dienone is 1. The van der Waals surface area contributed by atoms with Gasteiger partial charge in [0.15, 0.2) is 14.1 Å². The number of fused-ring (bicyclic) bond motifs is 1. The van der Waals surface area contributed by atoms with Crippen LogP contribution in [0.4, 0.5) is 0 Å². The predicted molar refractivity (Wildman–Crippen MR) is 88.8 cm³/mol. The fraction of sp³-hybridized carbons (Fsp3) is 0.765. The molecular weight excluding hydrogens is 280 g/mol. The summed E-state index contributed by atoms with van der Waals surface area (Å²) in [6.07, 6.45) is 4.91. The molecule has 0 spiro atoms. The van der Waals surface area contributed by atoms with Gasteiger partial charge < -0.3 is 13.9 Å². The van der Waals surface area contributed by atoms with Gasteiger partial charge in [-0.1, -0.05) is 33.4 Å². The summed E-state index contributed by atoms with van der Waals surface area (Å²) in [5.41, 5.74) is 1.20. The molecule has 0 N–H and O–H groups in total. The summed E-state index contributed by atoms with van der Waals surface area (Å²) in [4.78, 5) is 0. The van der Waals surface area contributed by atoms with E-state index in [0.717, 1.165) is 6.42 Å². The second-order valence-electron chi connectivity index (χ2n) is 8.13.